The first-order chi connectivity index (χ1) is 13.3. The molecule has 0 bridgehead atoms. The molecule has 0 spiro atoms. The van der Waals surface area contributed by atoms with E-state index < -0.39 is 4.75 Å². The molecule has 0 saturated carbocycles. The summed E-state index contributed by atoms with van der Waals surface area (Å²) in [6, 6.07) is 15.4. The smallest absolute Gasteiger partial charge is 0.321 e. The fourth-order valence-electron chi connectivity index (χ4n) is 2.66. The van der Waals surface area contributed by atoms with Crippen molar-refractivity contribution in [2.24, 2.45) is 4.99 Å². The SMILES string of the molecule is C=c1ccc(SC(C)(C)C(=O)OCC)c/c1=C(/C=NC)c1ccc(C#N)cc1. The van der Waals surface area contributed by atoms with Gasteiger partial charge in [0.2, 0.25) is 0 Å². The molecular formula is C23H24N2O2S. The monoisotopic (exact) mass is 392 g/mol. The van der Waals surface area contributed by atoms with E-state index >= 15 is 0 Å². The molecule has 0 N–H and O–H groups in total. The average molecular weight is 393 g/mol. The van der Waals surface area contributed by atoms with E-state index in [2.05, 4.69) is 17.6 Å². The number of nitriles is 1. The van der Waals surface area contributed by atoms with Gasteiger partial charge in [-0.1, -0.05) is 24.8 Å². The molecule has 2 rings (SSSR count). The maximum Gasteiger partial charge on any atom is 0.321 e. The van der Waals surface area contributed by atoms with E-state index in [-0.39, 0.29) is 5.97 Å². The van der Waals surface area contributed by atoms with Gasteiger partial charge >= 0.3 is 5.97 Å². The van der Waals surface area contributed by atoms with Crippen LogP contribution in [0.1, 0.15) is 31.9 Å². The summed E-state index contributed by atoms with van der Waals surface area (Å²) in [6.45, 7) is 10.0. The number of hydrogen-bond donors (Lipinski definition) is 0. The molecule has 0 saturated heterocycles. The van der Waals surface area contributed by atoms with E-state index in [1.54, 1.807) is 32.3 Å². The molecule has 2 aromatic carbocycles. The van der Waals surface area contributed by atoms with Gasteiger partial charge in [0.05, 0.1) is 18.2 Å². The Hall–Kier alpha value is -2.84. The summed E-state index contributed by atoms with van der Waals surface area (Å²) in [7, 11) is 1.72. The van der Waals surface area contributed by atoms with Gasteiger partial charge < -0.3 is 4.74 Å². The summed E-state index contributed by atoms with van der Waals surface area (Å²) in [5, 5.41) is 10.8. The molecule has 144 valence electrons. The molecule has 0 radical (unpaired) electrons. The van der Waals surface area contributed by atoms with Gasteiger partial charge in [0.1, 0.15) is 4.75 Å². The van der Waals surface area contributed by atoms with Gasteiger partial charge in [-0.25, -0.2) is 0 Å². The van der Waals surface area contributed by atoms with E-state index in [4.69, 9.17) is 10.00 Å². The topological polar surface area (TPSA) is 62.4 Å². The summed E-state index contributed by atoms with van der Waals surface area (Å²) < 4.78 is 4.48. The molecule has 0 aliphatic rings. The molecule has 0 atom stereocenters. The third kappa shape index (κ3) is 5.11. The normalized spacial score (nSPS) is 12.5. The number of benzene rings is 2. The van der Waals surface area contributed by atoms with E-state index in [1.807, 2.05) is 44.2 Å². The molecule has 0 aliphatic heterocycles. The molecule has 0 aliphatic carbocycles. The molecule has 28 heavy (non-hydrogen) atoms. The zero-order valence-corrected chi connectivity index (χ0v) is 17.5. The van der Waals surface area contributed by atoms with Crippen LogP contribution in [0.3, 0.4) is 0 Å². The van der Waals surface area contributed by atoms with Gasteiger partial charge in [-0.15, -0.1) is 11.8 Å². The van der Waals surface area contributed by atoms with Gasteiger partial charge in [-0.2, -0.15) is 5.26 Å². The Kier molecular flexibility index (Phi) is 7.19. The van der Waals surface area contributed by atoms with Crippen LogP contribution in [-0.2, 0) is 9.53 Å². The average Bonchev–Trinajstić information content (AvgIpc) is 2.68. The second-order valence-electron chi connectivity index (χ2n) is 6.64. The zero-order valence-electron chi connectivity index (χ0n) is 16.7. The minimum atomic E-state index is -0.705. The maximum atomic E-state index is 12.2. The fraction of sp³-hybridized carbons (Fsp3) is 0.261. The van der Waals surface area contributed by atoms with Crippen molar-refractivity contribution in [3.05, 3.63) is 64.0 Å². The number of thioether (sulfide) groups is 1. The van der Waals surface area contributed by atoms with Crippen molar-refractivity contribution in [1.82, 2.24) is 0 Å². The van der Waals surface area contributed by atoms with Crippen molar-refractivity contribution in [2.75, 3.05) is 13.7 Å². The highest BCUT2D eigenvalue weighted by atomic mass is 32.2. The van der Waals surface area contributed by atoms with Crippen LogP contribution in [0.25, 0.3) is 12.2 Å². The zero-order chi connectivity index (χ0) is 20.7. The molecule has 5 heteroatoms. The Morgan fingerprint density at radius 3 is 2.54 bits per heavy atom. The number of hydrogen-bond acceptors (Lipinski definition) is 5. The first-order valence-electron chi connectivity index (χ1n) is 8.94. The van der Waals surface area contributed by atoms with Gasteiger partial charge in [0.15, 0.2) is 0 Å². The van der Waals surface area contributed by atoms with E-state index in [1.165, 1.54) is 11.8 Å². The predicted octanol–water partition coefficient (Wildman–Crippen LogP) is 3.30. The van der Waals surface area contributed by atoms with Crippen molar-refractivity contribution in [3.8, 4) is 6.07 Å². The van der Waals surface area contributed by atoms with Crippen LogP contribution in [0.4, 0.5) is 0 Å². The second kappa shape index (κ2) is 9.38. The summed E-state index contributed by atoms with van der Waals surface area (Å²) in [5.74, 6) is -0.244. The molecule has 0 aromatic heterocycles. The highest BCUT2D eigenvalue weighted by molar-refractivity contribution is 8.01. The van der Waals surface area contributed by atoms with Crippen LogP contribution in [0.15, 0.2) is 52.4 Å². The largest absolute Gasteiger partial charge is 0.465 e. The standard InChI is InChI=1S/C23H24N2O2S/c1-6-27-22(26)23(3,4)28-19-12-7-16(2)20(13-19)21(15-25-5)18-10-8-17(14-24)9-11-18/h7-13,15H,2,6H2,1,3-5H3/b21-20+,25-15?. The number of esters is 1. The number of ether oxygens (including phenoxy) is 1. The lowest BCUT2D eigenvalue weighted by molar-refractivity contribution is -0.145. The minimum absolute atomic E-state index is 0.244. The van der Waals surface area contributed by atoms with Crippen LogP contribution in [0, 0.1) is 11.3 Å². The predicted molar refractivity (Wildman–Crippen MR) is 116 cm³/mol. The molecule has 4 nitrogen and oxygen atoms in total. The second-order valence-corrected chi connectivity index (χ2v) is 8.34. The van der Waals surface area contributed by atoms with Crippen LogP contribution in [0.2, 0.25) is 0 Å². The molecule has 0 unspecified atom stereocenters. The summed E-state index contributed by atoms with van der Waals surface area (Å²) in [4.78, 5) is 17.4. The first kappa shape index (κ1) is 21.5. The minimum Gasteiger partial charge on any atom is -0.465 e. The molecule has 0 fully saturated rings. The van der Waals surface area contributed by atoms with Crippen molar-refractivity contribution in [1.29, 1.82) is 5.26 Å². The fourth-order valence-corrected chi connectivity index (χ4v) is 3.71. The number of nitrogens with zero attached hydrogens (tertiary/aromatic N) is 2. The third-order valence-electron chi connectivity index (χ3n) is 4.09. The van der Waals surface area contributed by atoms with Gasteiger partial charge in [-0.05, 0) is 61.0 Å². The lowest BCUT2D eigenvalue weighted by Crippen LogP contribution is -2.31. The summed E-state index contributed by atoms with van der Waals surface area (Å²) >= 11 is 1.45. The number of carbonyl (C=O) groups excluding carboxylic acids is 1. The van der Waals surface area contributed by atoms with Crippen LogP contribution >= 0.6 is 11.8 Å². The number of rotatable bonds is 6. The number of aliphatic imine (C=N–C) groups is 1. The summed E-state index contributed by atoms with van der Waals surface area (Å²) in [6.07, 6.45) is 1.79. The molecular weight excluding hydrogens is 368 g/mol. The van der Waals surface area contributed by atoms with E-state index in [0.29, 0.717) is 12.2 Å². The van der Waals surface area contributed by atoms with Crippen molar-refractivity contribution < 1.29 is 9.53 Å². The molecule has 0 heterocycles. The Morgan fingerprint density at radius 2 is 1.96 bits per heavy atom. The Bertz CT molecular complexity index is 1030. The highest BCUT2D eigenvalue weighted by Crippen LogP contribution is 2.32. The van der Waals surface area contributed by atoms with Crippen molar-refractivity contribution >= 4 is 36.1 Å². The van der Waals surface area contributed by atoms with E-state index in [9.17, 15) is 4.79 Å². The van der Waals surface area contributed by atoms with Crippen LogP contribution in [0.5, 0.6) is 0 Å². The van der Waals surface area contributed by atoms with Crippen LogP contribution in [-0.4, -0.2) is 30.6 Å². The van der Waals surface area contributed by atoms with Gasteiger partial charge in [0, 0.05) is 23.7 Å². The first-order valence-corrected chi connectivity index (χ1v) is 9.76. The Labute approximate surface area is 170 Å². The Morgan fingerprint density at radius 1 is 1.29 bits per heavy atom. The maximum absolute atomic E-state index is 12.2. The number of carbonyl (C=O) groups is 1. The molecule has 2 aromatic rings. The van der Waals surface area contributed by atoms with Crippen molar-refractivity contribution in [2.45, 2.75) is 30.4 Å². The van der Waals surface area contributed by atoms with Gasteiger partial charge in [0.25, 0.3) is 0 Å². The highest BCUT2D eigenvalue weighted by Gasteiger charge is 2.30. The lowest BCUT2D eigenvalue weighted by atomic mass is 10.0. The molecule has 0 amide bonds. The Balaban J connectivity index is 2.58. The quantitative estimate of drug-likeness (QED) is 0.430. The van der Waals surface area contributed by atoms with Gasteiger partial charge in [-0.3, -0.25) is 9.79 Å². The summed E-state index contributed by atoms with van der Waals surface area (Å²) in [5.41, 5.74) is 2.46. The lowest BCUT2D eigenvalue weighted by Gasteiger charge is -2.21. The third-order valence-corrected chi connectivity index (χ3v) is 5.26. The van der Waals surface area contributed by atoms with E-state index in [0.717, 1.165) is 26.5 Å². The van der Waals surface area contributed by atoms with Crippen LogP contribution < -0.4 is 10.4 Å². The van der Waals surface area contributed by atoms with Crippen molar-refractivity contribution in [3.63, 3.8) is 0 Å².